The lowest BCUT2D eigenvalue weighted by Crippen LogP contribution is -2.44. The normalized spacial score (nSPS) is 18.7. The van der Waals surface area contributed by atoms with Gasteiger partial charge in [-0.2, -0.15) is 13.2 Å². The molecule has 38 heavy (non-hydrogen) atoms. The molecule has 2 aromatic rings. The summed E-state index contributed by atoms with van der Waals surface area (Å²) in [5.74, 6) is -0.175. The van der Waals surface area contributed by atoms with Gasteiger partial charge < -0.3 is 15.1 Å². The average Bonchev–Trinajstić information content (AvgIpc) is 3.19. The van der Waals surface area contributed by atoms with Crippen LogP contribution in [0.25, 0.3) is 6.08 Å². The number of carbonyl (C=O) groups is 2. The second-order valence-corrected chi connectivity index (χ2v) is 10.7. The second-order valence-electron chi connectivity index (χ2n) is 10.3. The van der Waals surface area contributed by atoms with Gasteiger partial charge in [-0.25, -0.2) is 0 Å². The molecule has 5 nitrogen and oxygen atoms in total. The summed E-state index contributed by atoms with van der Waals surface area (Å²) >= 11 is 6.71. The Morgan fingerprint density at radius 3 is 2.55 bits per heavy atom. The van der Waals surface area contributed by atoms with E-state index in [-0.39, 0.29) is 28.7 Å². The number of nitrogens with zero attached hydrogens (tertiary/aromatic N) is 2. The molecule has 1 saturated heterocycles. The fraction of sp³-hybridized carbons (Fsp3) is 0.448. The number of amides is 2. The number of rotatable bonds is 7. The summed E-state index contributed by atoms with van der Waals surface area (Å²) in [5, 5.41) is 3.74. The highest BCUT2D eigenvalue weighted by Crippen LogP contribution is 2.55. The van der Waals surface area contributed by atoms with Crippen LogP contribution in [0.5, 0.6) is 0 Å². The fourth-order valence-corrected chi connectivity index (χ4v) is 6.24. The molecule has 4 rings (SSSR count). The second kappa shape index (κ2) is 11.5. The SMILES string of the molecule is CNCCN(C)C(=O)CC1CC2(CCN(C(=O)/C=C/c3ccccc3C(F)(F)F)CC2)c2c(Cl)cccc21. The Balaban J connectivity index is 1.46. The Hall–Kier alpha value is -2.84. The van der Waals surface area contributed by atoms with E-state index in [0.717, 1.165) is 30.2 Å². The molecule has 0 saturated carbocycles. The van der Waals surface area contributed by atoms with Crippen LogP contribution < -0.4 is 5.32 Å². The van der Waals surface area contributed by atoms with Crippen LogP contribution in [0, 0.1) is 0 Å². The quantitative estimate of drug-likeness (QED) is 0.467. The fourth-order valence-electron chi connectivity index (χ4n) is 5.85. The third-order valence-corrected chi connectivity index (χ3v) is 8.22. The highest BCUT2D eigenvalue weighted by Gasteiger charge is 2.47. The molecule has 1 aliphatic carbocycles. The van der Waals surface area contributed by atoms with Gasteiger partial charge in [0, 0.05) is 56.2 Å². The predicted octanol–water partition coefficient (Wildman–Crippen LogP) is 5.49. The Morgan fingerprint density at radius 1 is 1.16 bits per heavy atom. The number of hydrogen-bond donors (Lipinski definition) is 1. The van der Waals surface area contributed by atoms with Crippen LogP contribution in [-0.2, 0) is 21.2 Å². The zero-order chi connectivity index (χ0) is 27.5. The third-order valence-electron chi connectivity index (χ3n) is 7.90. The predicted molar refractivity (Wildman–Crippen MR) is 143 cm³/mol. The molecule has 2 amide bonds. The van der Waals surface area contributed by atoms with E-state index in [1.165, 1.54) is 30.4 Å². The van der Waals surface area contributed by atoms with Crippen LogP contribution in [0.4, 0.5) is 13.2 Å². The minimum Gasteiger partial charge on any atom is -0.344 e. The summed E-state index contributed by atoms with van der Waals surface area (Å²) in [6.45, 7) is 2.29. The van der Waals surface area contributed by atoms with Crippen LogP contribution in [0.1, 0.15) is 53.9 Å². The van der Waals surface area contributed by atoms with Gasteiger partial charge in [0.25, 0.3) is 0 Å². The average molecular weight is 548 g/mol. The van der Waals surface area contributed by atoms with Crippen molar-refractivity contribution in [1.82, 2.24) is 15.1 Å². The number of nitrogens with one attached hydrogen (secondary N) is 1. The minimum atomic E-state index is -4.49. The minimum absolute atomic E-state index is 0.0365. The van der Waals surface area contributed by atoms with Gasteiger partial charge in [0.05, 0.1) is 5.56 Å². The highest BCUT2D eigenvalue weighted by atomic mass is 35.5. The van der Waals surface area contributed by atoms with Crippen molar-refractivity contribution in [2.75, 3.05) is 40.3 Å². The first kappa shape index (κ1) is 28.2. The molecule has 2 aromatic carbocycles. The van der Waals surface area contributed by atoms with Gasteiger partial charge >= 0.3 is 6.18 Å². The molecular weight excluding hydrogens is 515 g/mol. The number of fused-ring (bicyclic) bond motifs is 2. The van der Waals surface area contributed by atoms with Crippen LogP contribution in [0.3, 0.4) is 0 Å². The van der Waals surface area contributed by atoms with E-state index in [1.807, 2.05) is 26.2 Å². The number of alkyl halides is 3. The zero-order valence-corrected chi connectivity index (χ0v) is 22.4. The Kier molecular flexibility index (Phi) is 8.52. The van der Waals surface area contributed by atoms with Crippen molar-refractivity contribution in [3.63, 3.8) is 0 Å². The monoisotopic (exact) mass is 547 g/mol. The molecule has 1 atom stereocenters. The topological polar surface area (TPSA) is 52.7 Å². The number of likely N-dealkylation sites (tertiary alicyclic amines) is 1. The van der Waals surface area contributed by atoms with Crippen molar-refractivity contribution in [2.45, 2.75) is 43.2 Å². The van der Waals surface area contributed by atoms with Gasteiger partial charge in [-0.05, 0) is 67.1 Å². The molecular formula is C29H33ClF3N3O2. The third kappa shape index (κ3) is 5.91. The standard InChI is InChI=1S/C29H33ClF3N3O2/c1-34-14-17-35(2)26(38)18-21-19-28(27-22(21)7-5-9-24(27)30)12-15-36(16-13-28)25(37)11-10-20-6-3-4-8-23(20)29(31,32)33/h3-11,21,34H,12-19H2,1-2H3/b11-10+. The van der Waals surface area contributed by atoms with E-state index in [2.05, 4.69) is 11.4 Å². The van der Waals surface area contributed by atoms with Gasteiger partial charge in [-0.15, -0.1) is 0 Å². The molecule has 1 fully saturated rings. The summed E-state index contributed by atoms with van der Waals surface area (Å²) < 4.78 is 39.9. The maximum absolute atomic E-state index is 13.3. The first-order chi connectivity index (χ1) is 18.1. The number of benzene rings is 2. The van der Waals surface area contributed by atoms with Gasteiger partial charge in [-0.3, -0.25) is 9.59 Å². The molecule has 1 aliphatic heterocycles. The molecule has 0 bridgehead atoms. The van der Waals surface area contributed by atoms with Crippen LogP contribution in [0.2, 0.25) is 5.02 Å². The first-order valence-corrected chi connectivity index (χ1v) is 13.2. The molecule has 1 unspecified atom stereocenters. The van der Waals surface area contributed by atoms with Crippen molar-refractivity contribution < 1.29 is 22.8 Å². The van der Waals surface area contributed by atoms with Crippen molar-refractivity contribution in [1.29, 1.82) is 0 Å². The Labute approximate surface area is 226 Å². The van der Waals surface area contributed by atoms with E-state index < -0.39 is 11.7 Å². The summed E-state index contributed by atoms with van der Waals surface area (Å²) in [4.78, 5) is 29.2. The lowest BCUT2D eigenvalue weighted by atomic mass is 9.73. The molecule has 1 N–H and O–H groups in total. The van der Waals surface area contributed by atoms with E-state index in [1.54, 1.807) is 9.80 Å². The van der Waals surface area contributed by atoms with E-state index in [0.29, 0.717) is 43.9 Å². The highest BCUT2D eigenvalue weighted by molar-refractivity contribution is 6.31. The van der Waals surface area contributed by atoms with Crippen molar-refractivity contribution in [3.05, 3.63) is 75.8 Å². The molecule has 0 radical (unpaired) electrons. The van der Waals surface area contributed by atoms with Gasteiger partial charge in [0.1, 0.15) is 0 Å². The van der Waals surface area contributed by atoms with E-state index >= 15 is 0 Å². The molecule has 1 spiro atoms. The van der Waals surface area contributed by atoms with E-state index in [9.17, 15) is 22.8 Å². The lowest BCUT2D eigenvalue weighted by Gasteiger charge is -2.40. The molecule has 1 heterocycles. The summed E-state index contributed by atoms with van der Waals surface area (Å²) in [7, 11) is 3.67. The maximum atomic E-state index is 13.3. The number of piperidine rings is 1. The van der Waals surface area contributed by atoms with E-state index in [4.69, 9.17) is 11.6 Å². The summed E-state index contributed by atoms with van der Waals surface area (Å²) in [6, 6.07) is 11.1. The molecule has 0 aromatic heterocycles. The number of likely N-dealkylation sites (N-methyl/N-ethyl adjacent to an activating group) is 2. The van der Waals surface area contributed by atoms with Gasteiger partial charge in [0.2, 0.25) is 11.8 Å². The summed E-state index contributed by atoms with van der Waals surface area (Å²) in [5.41, 5.74) is 1.16. The zero-order valence-electron chi connectivity index (χ0n) is 21.7. The number of carbonyl (C=O) groups excluding carboxylic acids is 2. The largest absolute Gasteiger partial charge is 0.416 e. The van der Waals surface area contributed by atoms with Gasteiger partial charge in [-0.1, -0.05) is 41.9 Å². The van der Waals surface area contributed by atoms with Gasteiger partial charge in [0.15, 0.2) is 0 Å². The van der Waals surface area contributed by atoms with Crippen LogP contribution in [-0.4, -0.2) is 61.9 Å². The smallest absolute Gasteiger partial charge is 0.344 e. The molecule has 2 aliphatic rings. The first-order valence-electron chi connectivity index (χ1n) is 12.9. The number of halogens is 4. The van der Waals surface area contributed by atoms with Crippen LogP contribution in [0.15, 0.2) is 48.5 Å². The van der Waals surface area contributed by atoms with Crippen LogP contribution >= 0.6 is 11.6 Å². The maximum Gasteiger partial charge on any atom is 0.416 e. The Morgan fingerprint density at radius 2 is 1.87 bits per heavy atom. The van der Waals surface area contributed by atoms with Crippen molar-refractivity contribution in [2.24, 2.45) is 0 Å². The lowest BCUT2D eigenvalue weighted by molar-refractivity contribution is -0.137. The number of hydrogen-bond acceptors (Lipinski definition) is 3. The Bertz CT molecular complexity index is 1210. The van der Waals surface area contributed by atoms with Crippen molar-refractivity contribution >= 4 is 29.5 Å². The molecule has 9 heteroatoms. The van der Waals surface area contributed by atoms with Crippen molar-refractivity contribution in [3.8, 4) is 0 Å². The summed E-state index contributed by atoms with van der Waals surface area (Å²) in [6.07, 6.45) is 0.527. The molecule has 204 valence electrons.